The molecule has 17 heavy (non-hydrogen) atoms. The van der Waals surface area contributed by atoms with Gasteiger partial charge in [0.25, 0.3) is 0 Å². The molecule has 5 heteroatoms. The summed E-state index contributed by atoms with van der Waals surface area (Å²) in [5.74, 6) is -0.418. The summed E-state index contributed by atoms with van der Waals surface area (Å²) in [7, 11) is 0. The van der Waals surface area contributed by atoms with Crippen LogP contribution in [0.5, 0.6) is 0 Å². The number of hydrogen-bond acceptors (Lipinski definition) is 3. The van der Waals surface area contributed by atoms with Gasteiger partial charge < -0.3 is 5.73 Å². The number of aromatic nitrogens is 2. The molecule has 1 aromatic heterocycles. The number of nitrogen functional groups attached to an aromatic ring is 1. The van der Waals surface area contributed by atoms with Crippen LogP contribution in [0.4, 0.5) is 14.6 Å². The highest BCUT2D eigenvalue weighted by Crippen LogP contribution is 2.12. The highest BCUT2D eigenvalue weighted by molar-refractivity contribution is 5.31. The van der Waals surface area contributed by atoms with Crippen LogP contribution in [0.3, 0.4) is 0 Å². The van der Waals surface area contributed by atoms with Crippen LogP contribution in [0.1, 0.15) is 17.1 Å². The minimum atomic E-state index is -0.611. The summed E-state index contributed by atoms with van der Waals surface area (Å²) >= 11 is 0. The van der Waals surface area contributed by atoms with Crippen LogP contribution in [-0.2, 0) is 6.42 Å². The first-order valence-corrected chi connectivity index (χ1v) is 5.08. The van der Waals surface area contributed by atoms with Crippen molar-refractivity contribution in [2.75, 3.05) is 5.73 Å². The number of rotatable bonds is 2. The van der Waals surface area contributed by atoms with E-state index in [0.717, 1.165) is 11.8 Å². The summed E-state index contributed by atoms with van der Waals surface area (Å²) in [6.07, 6.45) is 0.251. The van der Waals surface area contributed by atoms with Gasteiger partial charge in [-0.3, -0.25) is 0 Å². The fraction of sp³-hybridized carbons (Fsp3) is 0.167. The van der Waals surface area contributed by atoms with E-state index in [4.69, 9.17) is 5.73 Å². The molecule has 0 aliphatic rings. The van der Waals surface area contributed by atoms with Crippen molar-refractivity contribution in [3.63, 3.8) is 0 Å². The van der Waals surface area contributed by atoms with E-state index < -0.39 is 11.6 Å². The molecule has 0 radical (unpaired) electrons. The molecule has 3 nitrogen and oxygen atoms in total. The highest BCUT2D eigenvalue weighted by atomic mass is 19.1. The molecular weight excluding hydrogens is 224 g/mol. The number of anilines is 1. The molecule has 0 aliphatic heterocycles. The molecule has 0 amide bonds. The Morgan fingerprint density at radius 1 is 1.06 bits per heavy atom. The van der Waals surface area contributed by atoms with Crippen LogP contribution in [0.25, 0.3) is 0 Å². The molecule has 1 heterocycles. The molecule has 2 aromatic rings. The van der Waals surface area contributed by atoms with Crippen molar-refractivity contribution < 1.29 is 8.78 Å². The van der Waals surface area contributed by atoms with Crippen LogP contribution in [0.2, 0.25) is 0 Å². The van der Waals surface area contributed by atoms with Gasteiger partial charge in [0.2, 0.25) is 0 Å². The molecule has 0 spiro atoms. The third kappa shape index (κ3) is 2.96. The molecule has 0 saturated carbocycles. The first kappa shape index (κ1) is 11.4. The van der Waals surface area contributed by atoms with Crippen molar-refractivity contribution in [2.45, 2.75) is 13.3 Å². The molecule has 0 aliphatic carbocycles. The van der Waals surface area contributed by atoms with Crippen LogP contribution in [0.15, 0.2) is 24.3 Å². The number of nitrogens with zero attached hydrogens (tertiary/aromatic N) is 2. The average molecular weight is 235 g/mol. The Morgan fingerprint density at radius 3 is 2.29 bits per heavy atom. The van der Waals surface area contributed by atoms with Gasteiger partial charge in [-0.2, -0.15) is 0 Å². The Labute approximate surface area is 97.3 Å². The van der Waals surface area contributed by atoms with Gasteiger partial charge in [-0.15, -0.1) is 0 Å². The van der Waals surface area contributed by atoms with E-state index in [9.17, 15) is 8.78 Å². The van der Waals surface area contributed by atoms with E-state index in [0.29, 0.717) is 17.2 Å². The van der Waals surface area contributed by atoms with Gasteiger partial charge in [0.1, 0.15) is 23.3 Å². The number of hydrogen-bond donors (Lipinski definition) is 1. The van der Waals surface area contributed by atoms with Crippen molar-refractivity contribution in [1.82, 2.24) is 9.97 Å². The zero-order valence-corrected chi connectivity index (χ0v) is 9.24. The van der Waals surface area contributed by atoms with Crippen molar-refractivity contribution >= 4 is 5.82 Å². The minimum absolute atomic E-state index is 0.251. The summed E-state index contributed by atoms with van der Waals surface area (Å²) in [6, 6.07) is 4.97. The topological polar surface area (TPSA) is 51.8 Å². The van der Waals surface area contributed by atoms with E-state index in [1.165, 1.54) is 12.1 Å². The Balaban J connectivity index is 2.31. The van der Waals surface area contributed by atoms with Crippen molar-refractivity contribution in [3.8, 4) is 0 Å². The Kier molecular flexibility index (Phi) is 2.99. The van der Waals surface area contributed by atoms with Crippen LogP contribution in [0, 0.1) is 18.6 Å². The summed E-state index contributed by atoms with van der Waals surface area (Å²) in [4.78, 5) is 8.16. The van der Waals surface area contributed by atoms with Gasteiger partial charge in [-0.25, -0.2) is 18.7 Å². The molecule has 2 rings (SSSR count). The van der Waals surface area contributed by atoms with Crippen LogP contribution >= 0.6 is 0 Å². The van der Waals surface area contributed by atoms with E-state index >= 15 is 0 Å². The second kappa shape index (κ2) is 4.45. The van der Waals surface area contributed by atoms with E-state index in [1.807, 2.05) is 0 Å². The summed E-state index contributed by atoms with van der Waals surface area (Å²) < 4.78 is 26.0. The lowest BCUT2D eigenvalue weighted by molar-refractivity contribution is 0.580. The fourth-order valence-electron chi connectivity index (χ4n) is 1.63. The molecule has 2 N–H and O–H groups in total. The van der Waals surface area contributed by atoms with Crippen LogP contribution < -0.4 is 5.73 Å². The van der Waals surface area contributed by atoms with E-state index in [-0.39, 0.29) is 6.42 Å². The molecule has 1 aromatic carbocycles. The molecule has 0 unspecified atom stereocenters. The average Bonchev–Trinajstić information content (AvgIpc) is 2.13. The van der Waals surface area contributed by atoms with Gasteiger partial charge in [0, 0.05) is 24.2 Å². The Hall–Kier alpha value is -2.04. The van der Waals surface area contributed by atoms with E-state index in [1.54, 1.807) is 13.0 Å². The first-order chi connectivity index (χ1) is 8.02. The highest BCUT2D eigenvalue weighted by Gasteiger charge is 2.05. The SMILES string of the molecule is Cc1cc(N)nc(Cc2cc(F)cc(F)c2)n1. The fourth-order valence-corrected chi connectivity index (χ4v) is 1.63. The van der Waals surface area contributed by atoms with Gasteiger partial charge >= 0.3 is 0 Å². The smallest absolute Gasteiger partial charge is 0.135 e. The van der Waals surface area contributed by atoms with Crippen LogP contribution in [-0.4, -0.2) is 9.97 Å². The van der Waals surface area contributed by atoms with Gasteiger partial charge in [-0.05, 0) is 24.6 Å². The predicted molar refractivity (Wildman–Crippen MR) is 60.3 cm³/mol. The maximum Gasteiger partial charge on any atom is 0.135 e. The lowest BCUT2D eigenvalue weighted by Gasteiger charge is -2.04. The maximum atomic E-state index is 13.0. The second-order valence-electron chi connectivity index (χ2n) is 3.80. The second-order valence-corrected chi connectivity index (χ2v) is 3.80. The largest absolute Gasteiger partial charge is 0.384 e. The molecule has 0 fully saturated rings. The van der Waals surface area contributed by atoms with E-state index in [2.05, 4.69) is 9.97 Å². The number of halogens is 2. The number of nitrogens with two attached hydrogens (primary N) is 1. The monoisotopic (exact) mass is 235 g/mol. The third-order valence-corrected chi connectivity index (χ3v) is 2.20. The summed E-state index contributed by atoms with van der Waals surface area (Å²) in [5, 5.41) is 0. The molecule has 88 valence electrons. The number of aryl methyl sites for hydroxylation is 1. The lowest BCUT2D eigenvalue weighted by atomic mass is 10.1. The molecule has 0 atom stereocenters. The first-order valence-electron chi connectivity index (χ1n) is 5.08. The Morgan fingerprint density at radius 2 is 1.71 bits per heavy atom. The summed E-state index contributed by atoms with van der Waals surface area (Å²) in [6.45, 7) is 1.79. The zero-order valence-electron chi connectivity index (χ0n) is 9.24. The van der Waals surface area contributed by atoms with Gasteiger partial charge in [-0.1, -0.05) is 0 Å². The lowest BCUT2D eigenvalue weighted by Crippen LogP contribution is -2.02. The normalized spacial score (nSPS) is 10.5. The predicted octanol–water partition coefficient (Wildman–Crippen LogP) is 2.24. The zero-order chi connectivity index (χ0) is 12.4. The van der Waals surface area contributed by atoms with Gasteiger partial charge in [0.15, 0.2) is 0 Å². The van der Waals surface area contributed by atoms with Gasteiger partial charge in [0.05, 0.1) is 0 Å². The van der Waals surface area contributed by atoms with Crippen molar-refractivity contribution in [3.05, 3.63) is 53.0 Å². The standard InChI is InChI=1S/C12H11F2N3/c1-7-2-11(15)17-12(16-7)5-8-3-9(13)6-10(14)4-8/h2-4,6H,5H2,1H3,(H2,15,16,17). The molecule has 0 bridgehead atoms. The number of benzene rings is 1. The Bertz CT molecular complexity index is 465. The third-order valence-electron chi connectivity index (χ3n) is 2.20. The maximum absolute atomic E-state index is 13.0. The summed E-state index contributed by atoms with van der Waals surface area (Å²) in [5.41, 5.74) is 6.78. The molecule has 0 saturated heterocycles. The minimum Gasteiger partial charge on any atom is -0.384 e. The molecular formula is C12H11F2N3. The van der Waals surface area contributed by atoms with Crippen molar-refractivity contribution in [2.24, 2.45) is 0 Å². The van der Waals surface area contributed by atoms with Crippen molar-refractivity contribution in [1.29, 1.82) is 0 Å². The quantitative estimate of drug-likeness (QED) is 0.868.